The third kappa shape index (κ3) is 4.33. The van der Waals surface area contributed by atoms with E-state index in [0.29, 0.717) is 17.9 Å². The number of rotatable bonds is 6. The minimum absolute atomic E-state index is 0.0461. The number of aliphatic hydroxyl groups excluding tert-OH is 1. The van der Waals surface area contributed by atoms with Crippen LogP contribution in [0, 0.1) is 10.1 Å². The first-order valence-electron chi connectivity index (χ1n) is 11.2. The summed E-state index contributed by atoms with van der Waals surface area (Å²) in [5.41, 5.74) is 0.547. The molecule has 4 rings (SSSR count). The van der Waals surface area contributed by atoms with Crippen LogP contribution in [0.3, 0.4) is 0 Å². The second-order valence-corrected chi connectivity index (χ2v) is 8.31. The van der Waals surface area contributed by atoms with Gasteiger partial charge in [0.15, 0.2) is 0 Å². The van der Waals surface area contributed by atoms with Crippen LogP contribution in [-0.2, 0) is 9.59 Å². The Morgan fingerprint density at radius 1 is 1.12 bits per heavy atom. The van der Waals surface area contributed by atoms with Crippen LogP contribution in [0.15, 0.2) is 54.1 Å². The Hall–Kier alpha value is -3.68. The van der Waals surface area contributed by atoms with Gasteiger partial charge in [-0.15, -0.1) is 0 Å². The number of nitro groups is 1. The molecule has 1 saturated carbocycles. The van der Waals surface area contributed by atoms with Gasteiger partial charge >= 0.3 is 0 Å². The molecule has 1 N–H and O–H groups in total. The monoisotopic (exact) mass is 450 g/mol. The molecule has 2 fully saturated rings. The Bertz CT molecular complexity index is 1100. The summed E-state index contributed by atoms with van der Waals surface area (Å²) in [4.78, 5) is 38.6. The van der Waals surface area contributed by atoms with Crippen molar-refractivity contribution in [2.45, 2.75) is 51.1 Å². The SMILES string of the molecule is CCOc1ccc(C2/C(=C(/O)c3cccc([N+](=O)[O-])c3)C(=O)C(=O)N2C2CCCCC2)cc1. The molecule has 2 aliphatic rings. The van der Waals surface area contributed by atoms with Crippen molar-refractivity contribution in [3.05, 3.63) is 75.3 Å². The predicted molar refractivity (Wildman–Crippen MR) is 122 cm³/mol. The zero-order valence-electron chi connectivity index (χ0n) is 18.4. The number of carbonyl (C=O) groups excluding carboxylic acids is 2. The van der Waals surface area contributed by atoms with Crippen LogP contribution in [0.4, 0.5) is 5.69 Å². The molecule has 1 saturated heterocycles. The van der Waals surface area contributed by atoms with Crippen molar-refractivity contribution in [3.8, 4) is 5.75 Å². The second kappa shape index (κ2) is 9.44. The van der Waals surface area contributed by atoms with Crippen molar-refractivity contribution in [2.75, 3.05) is 6.61 Å². The summed E-state index contributed by atoms with van der Waals surface area (Å²) < 4.78 is 5.52. The number of hydrogen-bond acceptors (Lipinski definition) is 6. The normalized spacial score (nSPS) is 20.8. The Morgan fingerprint density at radius 2 is 1.82 bits per heavy atom. The van der Waals surface area contributed by atoms with Crippen molar-refractivity contribution in [1.82, 2.24) is 4.90 Å². The number of amides is 1. The van der Waals surface area contributed by atoms with Crippen molar-refractivity contribution in [3.63, 3.8) is 0 Å². The van der Waals surface area contributed by atoms with Crippen LogP contribution in [-0.4, -0.2) is 39.3 Å². The number of ketones is 1. The fourth-order valence-electron chi connectivity index (χ4n) is 4.75. The quantitative estimate of drug-likeness (QED) is 0.224. The molecule has 2 aromatic rings. The number of likely N-dealkylation sites (tertiary alicyclic amines) is 1. The first-order valence-corrected chi connectivity index (χ1v) is 11.2. The number of aliphatic hydroxyl groups is 1. The smallest absolute Gasteiger partial charge is 0.295 e. The molecule has 0 bridgehead atoms. The Balaban J connectivity index is 1.85. The molecule has 0 aromatic heterocycles. The molecule has 8 heteroatoms. The molecule has 2 aromatic carbocycles. The van der Waals surface area contributed by atoms with Crippen LogP contribution in [0.5, 0.6) is 5.75 Å². The number of benzene rings is 2. The summed E-state index contributed by atoms with van der Waals surface area (Å²) in [7, 11) is 0. The minimum atomic E-state index is -0.775. The number of non-ortho nitro benzene ring substituents is 1. The van der Waals surface area contributed by atoms with Crippen LogP contribution in [0.1, 0.15) is 56.2 Å². The molecule has 172 valence electrons. The first kappa shape index (κ1) is 22.5. The number of hydrogen-bond donors (Lipinski definition) is 1. The number of carbonyl (C=O) groups is 2. The Labute approximate surface area is 191 Å². The molecule has 0 spiro atoms. The van der Waals surface area contributed by atoms with E-state index in [1.807, 2.05) is 6.92 Å². The lowest BCUT2D eigenvalue weighted by Gasteiger charge is -2.35. The van der Waals surface area contributed by atoms with Crippen LogP contribution < -0.4 is 4.74 Å². The Kier molecular flexibility index (Phi) is 6.44. The van der Waals surface area contributed by atoms with Gasteiger partial charge < -0.3 is 14.7 Å². The molecule has 1 aliphatic heterocycles. The van der Waals surface area contributed by atoms with Crippen LogP contribution >= 0.6 is 0 Å². The van der Waals surface area contributed by atoms with E-state index in [2.05, 4.69) is 0 Å². The fraction of sp³-hybridized carbons (Fsp3) is 0.360. The zero-order valence-corrected chi connectivity index (χ0v) is 18.4. The largest absolute Gasteiger partial charge is 0.507 e. The summed E-state index contributed by atoms with van der Waals surface area (Å²) in [5.74, 6) is -1.17. The van der Waals surface area contributed by atoms with Gasteiger partial charge in [0.1, 0.15) is 11.5 Å². The number of nitrogens with zero attached hydrogens (tertiary/aromatic N) is 2. The van der Waals surface area contributed by atoms with E-state index in [1.165, 1.54) is 24.3 Å². The molecule has 1 amide bonds. The van der Waals surface area contributed by atoms with Gasteiger partial charge in [-0.1, -0.05) is 43.5 Å². The van der Waals surface area contributed by atoms with Crippen molar-refractivity contribution >= 4 is 23.1 Å². The molecule has 1 aliphatic carbocycles. The predicted octanol–water partition coefficient (Wildman–Crippen LogP) is 4.75. The molecule has 1 heterocycles. The number of nitro benzene ring substituents is 1. The Morgan fingerprint density at radius 3 is 2.45 bits per heavy atom. The van der Waals surface area contributed by atoms with E-state index < -0.39 is 28.4 Å². The molecule has 8 nitrogen and oxygen atoms in total. The number of ether oxygens (including phenoxy) is 1. The summed E-state index contributed by atoms with van der Waals surface area (Å²) in [6, 6.07) is 11.7. The second-order valence-electron chi connectivity index (χ2n) is 8.31. The van der Waals surface area contributed by atoms with Crippen LogP contribution in [0.2, 0.25) is 0 Å². The van der Waals surface area contributed by atoms with Gasteiger partial charge in [0, 0.05) is 23.7 Å². The summed E-state index contributed by atoms with van der Waals surface area (Å²) in [5, 5.41) is 22.3. The van der Waals surface area contributed by atoms with Gasteiger partial charge in [-0.2, -0.15) is 0 Å². The highest BCUT2D eigenvalue weighted by Crippen LogP contribution is 2.43. The highest BCUT2D eigenvalue weighted by Gasteiger charge is 2.48. The van der Waals surface area contributed by atoms with Crippen molar-refractivity contribution in [1.29, 1.82) is 0 Å². The highest BCUT2D eigenvalue weighted by atomic mass is 16.6. The maximum Gasteiger partial charge on any atom is 0.295 e. The van der Waals surface area contributed by atoms with Gasteiger partial charge in [0.05, 0.1) is 23.1 Å². The lowest BCUT2D eigenvalue weighted by atomic mass is 9.91. The zero-order chi connectivity index (χ0) is 23.5. The van der Waals surface area contributed by atoms with Crippen molar-refractivity contribution in [2.24, 2.45) is 0 Å². The van der Waals surface area contributed by atoms with Gasteiger partial charge in [0.2, 0.25) is 0 Å². The standard InChI is InChI=1S/C25H26N2O6/c1-2-33-20-13-11-16(12-14-20)22-21(23(28)17-7-6-10-19(15-17)27(31)32)24(29)25(30)26(22)18-8-4-3-5-9-18/h6-7,10-15,18,22,28H,2-5,8-9H2,1H3/b23-21-. The van der Waals surface area contributed by atoms with E-state index >= 15 is 0 Å². The molecular weight excluding hydrogens is 424 g/mol. The average molecular weight is 450 g/mol. The fourth-order valence-corrected chi connectivity index (χ4v) is 4.75. The van der Waals surface area contributed by atoms with E-state index in [0.717, 1.165) is 32.1 Å². The molecule has 1 unspecified atom stereocenters. The molecule has 33 heavy (non-hydrogen) atoms. The topological polar surface area (TPSA) is 110 Å². The van der Waals surface area contributed by atoms with Gasteiger partial charge in [-0.3, -0.25) is 19.7 Å². The minimum Gasteiger partial charge on any atom is -0.507 e. The summed E-state index contributed by atoms with van der Waals surface area (Å²) in [6.07, 6.45) is 4.60. The first-order chi connectivity index (χ1) is 15.9. The van der Waals surface area contributed by atoms with Crippen molar-refractivity contribution < 1.29 is 24.4 Å². The van der Waals surface area contributed by atoms with E-state index in [1.54, 1.807) is 29.2 Å². The van der Waals surface area contributed by atoms with E-state index in [-0.39, 0.29) is 22.9 Å². The molecule has 1 atom stereocenters. The lowest BCUT2D eigenvalue weighted by molar-refractivity contribution is -0.384. The maximum atomic E-state index is 13.2. The van der Waals surface area contributed by atoms with Gasteiger partial charge in [-0.05, 0) is 37.5 Å². The molecular formula is C25H26N2O6. The van der Waals surface area contributed by atoms with Crippen LogP contribution in [0.25, 0.3) is 5.76 Å². The average Bonchev–Trinajstić information content (AvgIpc) is 3.10. The summed E-state index contributed by atoms with van der Waals surface area (Å²) >= 11 is 0. The number of Topliss-reactive ketones (excluding diaryl/α,β-unsaturated/α-hetero) is 1. The molecule has 0 radical (unpaired) electrons. The maximum absolute atomic E-state index is 13.2. The third-order valence-corrected chi connectivity index (χ3v) is 6.29. The third-order valence-electron chi connectivity index (χ3n) is 6.29. The highest BCUT2D eigenvalue weighted by molar-refractivity contribution is 6.46. The van der Waals surface area contributed by atoms with E-state index in [4.69, 9.17) is 4.74 Å². The van der Waals surface area contributed by atoms with Gasteiger partial charge in [-0.25, -0.2) is 0 Å². The van der Waals surface area contributed by atoms with Gasteiger partial charge in [0.25, 0.3) is 17.4 Å². The summed E-state index contributed by atoms with van der Waals surface area (Å²) in [6.45, 7) is 2.39. The van der Waals surface area contributed by atoms with E-state index in [9.17, 15) is 24.8 Å². The lowest BCUT2D eigenvalue weighted by Crippen LogP contribution is -2.40.